The van der Waals surface area contributed by atoms with Crippen molar-refractivity contribution in [3.05, 3.63) is 35.7 Å². The summed E-state index contributed by atoms with van der Waals surface area (Å²) >= 11 is 1.18. The first-order chi connectivity index (χ1) is 12.2. The number of amides is 3. The van der Waals surface area contributed by atoms with Gasteiger partial charge in [-0.15, -0.1) is 0 Å². The molecule has 136 valence electrons. The van der Waals surface area contributed by atoms with E-state index in [0.29, 0.717) is 5.69 Å². The SMILES string of the molecule is Cc1nn(C)c(C(N)=O)c1NC(=O)C1(C)Sc2ccccc2N(C)C1=O. The Labute approximate surface area is 154 Å². The molecular weight excluding hydrogens is 354 g/mol. The maximum absolute atomic E-state index is 13.0. The Morgan fingerprint density at radius 3 is 2.58 bits per heavy atom. The van der Waals surface area contributed by atoms with Gasteiger partial charge in [-0.2, -0.15) is 5.10 Å². The molecule has 1 atom stereocenters. The van der Waals surface area contributed by atoms with Crippen LogP contribution in [-0.4, -0.2) is 39.3 Å². The van der Waals surface area contributed by atoms with Crippen LogP contribution in [0.1, 0.15) is 23.1 Å². The molecule has 9 heteroatoms. The van der Waals surface area contributed by atoms with E-state index >= 15 is 0 Å². The molecule has 8 nitrogen and oxygen atoms in total. The number of carbonyl (C=O) groups is 3. The Balaban J connectivity index is 1.99. The van der Waals surface area contributed by atoms with Gasteiger partial charge in [0.1, 0.15) is 5.69 Å². The Kier molecular flexibility index (Phi) is 4.27. The second-order valence-corrected chi connectivity index (χ2v) is 7.68. The van der Waals surface area contributed by atoms with Crippen molar-refractivity contribution in [1.29, 1.82) is 0 Å². The normalized spacial score (nSPS) is 19.2. The number of rotatable bonds is 3. The highest BCUT2D eigenvalue weighted by molar-refractivity contribution is 8.02. The summed E-state index contributed by atoms with van der Waals surface area (Å²) in [6.45, 7) is 3.22. The van der Waals surface area contributed by atoms with E-state index in [-0.39, 0.29) is 17.3 Å². The van der Waals surface area contributed by atoms with Crippen molar-refractivity contribution in [2.24, 2.45) is 12.8 Å². The molecule has 0 saturated carbocycles. The monoisotopic (exact) mass is 373 g/mol. The number of primary amides is 1. The molecule has 3 N–H and O–H groups in total. The van der Waals surface area contributed by atoms with Crippen LogP contribution in [0.25, 0.3) is 0 Å². The van der Waals surface area contributed by atoms with Crippen LogP contribution in [0, 0.1) is 6.92 Å². The number of nitrogens with two attached hydrogens (primary N) is 1. The van der Waals surface area contributed by atoms with Crippen molar-refractivity contribution in [3.8, 4) is 0 Å². The van der Waals surface area contributed by atoms with Crippen molar-refractivity contribution in [3.63, 3.8) is 0 Å². The number of hydrogen-bond donors (Lipinski definition) is 2. The van der Waals surface area contributed by atoms with E-state index in [0.717, 1.165) is 10.6 Å². The van der Waals surface area contributed by atoms with Crippen LogP contribution in [0.3, 0.4) is 0 Å². The molecule has 0 fully saturated rings. The van der Waals surface area contributed by atoms with Crippen molar-refractivity contribution >= 4 is 40.9 Å². The zero-order valence-corrected chi connectivity index (χ0v) is 15.7. The molecule has 3 rings (SSSR count). The molecule has 0 bridgehead atoms. The summed E-state index contributed by atoms with van der Waals surface area (Å²) in [5, 5.41) is 6.80. The highest BCUT2D eigenvalue weighted by Crippen LogP contribution is 2.45. The van der Waals surface area contributed by atoms with E-state index in [1.54, 1.807) is 27.9 Å². The number of para-hydroxylation sites is 1. The van der Waals surface area contributed by atoms with Crippen molar-refractivity contribution in [1.82, 2.24) is 9.78 Å². The lowest BCUT2D eigenvalue weighted by atomic mass is 10.1. The Morgan fingerprint density at radius 1 is 1.27 bits per heavy atom. The number of hydrogen-bond acceptors (Lipinski definition) is 5. The number of aryl methyl sites for hydroxylation is 2. The predicted molar refractivity (Wildman–Crippen MR) is 99.2 cm³/mol. The molecule has 1 aliphatic rings. The van der Waals surface area contributed by atoms with E-state index in [4.69, 9.17) is 5.73 Å². The number of nitrogens with one attached hydrogen (secondary N) is 1. The summed E-state index contributed by atoms with van der Waals surface area (Å²) < 4.78 is -0.0762. The molecule has 1 aliphatic heterocycles. The molecule has 2 heterocycles. The van der Waals surface area contributed by atoms with E-state index in [1.165, 1.54) is 21.3 Å². The summed E-state index contributed by atoms with van der Waals surface area (Å²) in [4.78, 5) is 39.9. The topological polar surface area (TPSA) is 110 Å². The molecule has 0 radical (unpaired) electrons. The second kappa shape index (κ2) is 6.17. The van der Waals surface area contributed by atoms with Crippen LogP contribution in [0.2, 0.25) is 0 Å². The number of carbonyl (C=O) groups excluding carboxylic acids is 3. The fraction of sp³-hybridized carbons (Fsp3) is 0.294. The summed E-state index contributed by atoms with van der Waals surface area (Å²) in [6, 6.07) is 7.38. The number of thioether (sulfide) groups is 1. The lowest BCUT2D eigenvalue weighted by molar-refractivity contribution is -0.128. The molecule has 1 unspecified atom stereocenters. The first-order valence-corrected chi connectivity index (χ1v) is 8.69. The Hall–Kier alpha value is -2.81. The van der Waals surface area contributed by atoms with Crippen molar-refractivity contribution in [2.75, 3.05) is 17.3 Å². The highest BCUT2D eigenvalue weighted by atomic mass is 32.2. The van der Waals surface area contributed by atoms with Gasteiger partial charge in [-0.05, 0) is 26.0 Å². The fourth-order valence-electron chi connectivity index (χ4n) is 2.98. The van der Waals surface area contributed by atoms with Gasteiger partial charge in [0.15, 0.2) is 4.75 Å². The van der Waals surface area contributed by atoms with Crippen LogP contribution in [-0.2, 0) is 16.6 Å². The quantitative estimate of drug-likeness (QED) is 0.788. The summed E-state index contributed by atoms with van der Waals surface area (Å²) in [7, 11) is 3.20. The van der Waals surface area contributed by atoms with Crippen LogP contribution < -0.4 is 16.0 Å². The second-order valence-electron chi connectivity index (χ2n) is 6.22. The highest BCUT2D eigenvalue weighted by Gasteiger charge is 2.48. The third-order valence-corrected chi connectivity index (χ3v) is 5.71. The van der Waals surface area contributed by atoms with Crippen LogP contribution in [0.4, 0.5) is 11.4 Å². The first-order valence-electron chi connectivity index (χ1n) is 7.88. The van der Waals surface area contributed by atoms with Crippen LogP contribution in [0.5, 0.6) is 0 Å². The van der Waals surface area contributed by atoms with E-state index < -0.39 is 16.6 Å². The number of nitrogens with zero attached hydrogens (tertiary/aromatic N) is 3. The maximum atomic E-state index is 13.0. The maximum Gasteiger partial charge on any atom is 0.269 e. The lowest BCUT2D eigenvalue weighted by Gasteiger charge is -2.36. The third-order valence-electron chi connectivity index (χ3n) is 4.38. The first kappa shape index (κ1) is 18.0. The lowest BCUT2D eigenvalue weighted by Crippen LogP contribution is -2.53. The minimum absolute atomic E-state index is 0.0847. The van der Waals surface area contributed by atoms with Crippen LogP contribution >= 0.6 is 11.8 Å². The minimum Gasteiger partial charge on any atom is -0.364 e. The molecule has 2 aromatic rings. The van der Waals surface area contributed by atoms with E-state index in [1.807, 2.05) is 24.3 Å². The molecule has 1 aromatic carbocycles. The third kappa shape index (κ3) is 2.64. The minimum atomic E-state index is -1.39. The average molecular weight is 373 g/mol. The Bertz CT molecular complexity index is 938. The van der Waals surface area contributed by atoms with Gasteiger partial charge in [-0.3, -0.25) is 19.1 Å². The Morgan fingerprint density at radius 2 is 1.92 bits per heavy atom. The fourth-order valence-corrected chi connectivity index (χ4v) is 4.24. The average Bonchev–Trinajstić information content (AvgIpc) is 2.86. The number of fused-ring (bicyclic) bond motifs is 1. The summed E-state index contributed by atoms with van der Waals surface area (Å²) in [5.74, 6) is -1.59. The summed E-state index contributed by atoms with van der Waals surface area (Å²) in [5.41, 5.74) is 6.90. The van der Waals surface area contributed by atoms with Crippen LogP contribution in [0.15, 0.2) is 29.2 Å². The molecule has 0 spiro atoms. The summed E-state index contributed by atoms with van der Waals surface area (Å²) in [6.07, 6.45) is 0. The molecule has 0 aliphatic carbocycles. The molecule has 1 aromatic heterocycles. The number of benzene rings is 1. The van der Waals surface area contributed by atoms with Gasteiger partial charge in [0.2, 0.25) is 5.91 Å². The van der Waals surface area contributed by atoms with Gasteiger partial charge in [0.25, 0.3) is 11.8 Å². The van der Waals surface area contributed by atoms with Gasteiger partial charge >= 0.3 is 0 Å². The van der Waals surface area contributed by atoms with Gasteiger partial charge < -0.3 is 16.0 Å². The van der Waals surface area contributed by atoms with Gasteiger partial charge in [0, 0.05) is 19.0 Å². The zero-order valence-electron chi connectivity index (χ0n) is 14.9. The molecule has 26 heavy (non-hydrogen) atoms. The smallest absolute Gasteiger partial charge is 0.269 e. The standard InChI is InChI=1S/C17H19N5O3S/c1-9-12(13(14(18)23)22(4)20-9)19-15(24)17(2)16(25)21(3)10-7-5-6-8-11(10)26-17/h5-8H,1-4H3,(H2,18,23)(H,19,24). The molecular formula is C17H19N5O3S. The van der Waals surface area contributed by atoms with Gasteiger partial charge in [-0.1, -0.05) is 23.9 Å². The number of anilines is 2. The predicted octanol–water partition coefficient (Wildman–Crippen LogP) is 1.29. The largest absolute Gasteiger partial charge is 0.364 e. The van der Waals surface area contributed by atoms with Crippen molar-refractivity contribution in [2.45, 2.75) is 23.5 Å². The van der Waals surface area contributed by atoms with Gasteiger partial charge in [0.05, 0.1) is 17.1 Å². The van der Waals surface area contributed by atoms with Gasteiger partial charge in [-0.25, -0.2) is 0 Å². The van der Waals surface area contributed by atoms with E-state index in [2.05, 4.69) is 10.4 Å². The molecule has 3 amide bonds. The molecule has 0 saturated heterocycles. The zero-order chi connectivity index (χ0) is 19.2. The van der Waals surface area contributed by atoms with E-state index in [9.17, 15) is 14.4 Å². The number of aromatic nitrogens is 2. The van der Waals surface area contributed by atoms with Crippen molar-refractivity contribution < 1.29 is 14.4 Å².